The summed E-state index contributed by atoms with van der Waals surface area (Å²) in [7, 11) is 0. The van der Waals surface area contributed by atoms with Crippen molar-refractivity contribution >= 4 is 17.4 Å². The van der Waals surface area contributed by atoms with E-state index in [-0.39, 0.29) is 27.8 Å². The third-order valence-electron chi connectivity index (χ3n) is 7.20. The zero-order chi connectivity index (χ0) is 23.3. The highest BCUT2D eigenvalue weighted by molar-refractivity contribution is 6.33. The number of phenols is 1. The summed E-state index contributed by atoms with van der Waals surface area (Å²) in [6.45, 7) is 3.31. The Hall–Kier alpha value is -3.27. The second-order valence-electron chi connectivity index (χ2n) is 9.01. The smallest absolute Gasteiger partial charge is 0.260 e. The average molecular weight is 461 g/mol. The molecule has 1 spiro atoms. The molecule has 3 N–H and O–H groups in total. The van der Waals surface area contributed by atoms with Crippen molar-refractivity contribution in [2.45, 2.75) is 32.2 Å². The molecule has 1 aliphatic heterocycles. The number of aryl methyl sites for hydroxylation is 1. The van der Waals surface area contributed by atoms with Gasteiger partial charge in [0.15, 0.2) is 0 Å². The van der Waals surface area contributed by atoms with Crippen LogP contribution in [0.4, 0.5) is 5.82 Å². The molecule has 33 heavy (non-hydrogen) atoms. The van der Waals surface area contributed by atoms with Gasteiger partial charge in [-0.1, -0.05) is 29.7 Å². The largest absolute Gasteiger partial charge is 0.506 e. The van der Waals surface area contributed by atoms with Crippen molar-refractivity contribution in [2.75, 3.05) is 18.0 Å². The molecule has 0 amide bonds. The summed E-state index contributed by atoms with van der Waals surface area (Å²) >= 11 is 6.23. The van der Waals surface area contributed by atoms with Crippen LogP contribution in [0.5, 0.6) is 5.75 Å². The second kappa shape index (κ2) is 7.95. The Kier molecular flexibility index (Phi) is 5.19. The number of nitrogens with two attached hydrogens (primary N) is 1. The van der Waals surface area contributed by atoms with E-state index in [0.29, 0.717) is 17.3 Å². The van der Waals surface area contributed by atoms with Crippen LogP contribution >= 0.6 is 11.6 Å². The number of terminal acetylenes is 1. The Balaban J connectivity index is 1.39. The maximum absolute atomic E-state index is 13.0. The van der Waals surface area contributed by atoms with Crippen molar-refractivity contribution in [2.24, 2.45) is 11.1 Å². The van der Waals surface area contributed by atoms with Crippen molar-refractivity contribution in [3.63, 3.8) is 0 Å². The molecule has 1 atom stereocenters. The van der Waals surface area contributed by atoms with E-state index in [2.05, 4.69) is 23.0 Å². The number of benzene rings is 2. The Labute approximate surface area is 197 Å². The molecule has 2 aliphatic rings. The summed E-state index contributed by atoms with van der Waals surface area (Å²) in [5, 5.41) is 10.0. The van der Waals surface area contributed by atoms with Gasteiger partial charge >= 0.3 is 0 Å². The monoisotopic (exact) mass is 460 g/mol. The first-order chi connectivity index (χ1) is 15.8. The molecule has 0 radical (unpaired) electrons. The van der Waals surface area contributed by atoms with Gasteiger partial charge in [0.1, 0.15) is 22.4 Å². The lowest BCUT2D eigenvalue weighted by Crippen LogP contribution is -2.45. The number of halogens is 1. The minimum Gasteiger partial charge on any atom is -0.506 e. The molecule has 3 aromatic rings. The quantitative estimate of drug-likeness (QED) is 0.569. The van der Waals surface area contributed by atoms with E-state index in [9.17, 15) is 9.90 Å². The zero-order valence-corrected chi connectivity index (χ0v) is 19.1. The second-order valence-corrected chi connectivity index (χ2v) is 9.39. The number of rotatable bonds is 2. The van der Waals surface area contributed by atoms with Gasteiger partial charge in [-0.15, -0.1) is 6.42 Å². The fourth-order valence-corrected chi connectivity index (χ4v) is 5.55. The lowest BCUT2D eigenvalue weighted by Gasteiger charge is -2.42. The van der Waals surface area contributed by atoms with E-state index in [1.165, 1.54) is 27.8 Å². The fourth-order valence-electron chi connectivity index (χ4n) is 5.34. The predicted octanol–water partition coefficient (Wildman–Crippen LogP) is 3.72. The van der Waals surface area contributed by atoms with Crippen molar-refractivity contribution in [3.8, 4) is 23.8 Å². The summed E-state index contributed by atoms with van der Waals surface area (Å²) in [4.78, 5) is 19.8. The lowest BCUT2D eigenvalue weighted by atomic mass is 9.73. The van der Waals surface area contributed by atoms with E-state index >= 15 is 0 Å². The van der Waals surface area contributed by atoms with Crippen LogP contribution < -0.4 is 16.2 Å². The van der Waals surface area contributed by atoms with Gasteiger partial charge in [-0.25, -0.2) is 4.98 Å². The van der Waals surface area contributed by atoms with Gasteiger partial charge in [-0.3, -0.25) is 9.36 Å². The maximum Gasteiger partial charge on any atom is 0.260 e. The molecule has 6 nitrogen and oxygen atoms in total. The van der Waals surface area contributed by atoms with Gasteiger partial charge < -0.3 is 15.7 Å². The molecule has 0 bridgehead atoms. The highest BCUT2D eigenvalue weighted by Crippen LogP contribution is 2.51. The molecule has 1 aromatic heterocycles. The van der Waals surface area contributed by atoms with Crippen LogP contribution in [0.3, 0.4) is 0 Å². The van der Waals surface area contributed by atoms with E-state index in [4.69, 9.17) is 28.7 Å². The molecule has 5 rings (SSSR count). The number of anilines is 1. The minimum atomic E-state index is -0.239. The Morgan fingerprint density at radius 3 is 2.70 bits per heavy atom. The summed E-state index contributed by atoms with van der Waals surface area (Å²) in [5.41, 5.74) is 10.2. The van der Waals surface area contributed by atoms with Crippen molar-refractivity contribution < 1.29 is 5.11 Å². The number of piperidine rings is 1. The number of phenolic OH excluding ortho intramolecular Hbond substituents is 1. The highest BCUT2D eigenvalue weighted by Gasteiger charge is 2.46. The standard InChI is InChI=1S/C26H25ClN4O2/c1-3-17-7-8-18-15-26(25(28)19(18)13-17)9-11-30(12-10-26)22-14-23(33)31(16(2)29-22)20-5-4-6-21(32)24(20)27/h1,4-8,13-14,25,32H,9-12,15,28H2,2H3/t25-/m1/s1. The molecule has 7 heteroatoms. The highest BCUT2D eigenvalue weighted by atomic mass is 35.5. The van der Waals surface area contributed by atoms with Gasteiger partial charge in [0.2, 0.25) is 0 Å². The normalized spacial score (nSPS) is 18.8. The average Bonchev–Trinajstić information content (AvgIpc) is 3.07. The molecule has 0 unspecified atom stereocenters. The van der Waals surface area contributed by atoms with Gasteiger partial charge in [0.05, 0.1) is 5.69 Å². The molecule has 1 saturated heterocycles. The number of fused-ring (bicyclic) bond motifs is 1. The number of hydrogen-bond donors (Lipinski definition) is 2. The summed E-state index contributed by atoms with van der Waals surface area (Å²) in [6, 6.07) is 12.5. The molecular formula is C26H25ClN4O2. The van der Waals surface area contributed by atoms with E-state index in [0.717, 1.165) is 37.9 Å². The summed E-state index contributed by atoms with van der Waals surface area (Å²) < 4.78 is 1.42. The lowest BCUT2D eigenvalue weighted by molar-refractivity contribution is 0.187. The third-order valence-corrected chi connectivity index (χ3v) is 7.59. The van der Waals surface area contributed by atoms with E-state index in [1.54, 1.807) is 19.1 Å². The number of aromatic hydroxyl groups is 1. The zero-order valence-electron chi connectivity index (χ0n) is 18.4. The molecule has 0 saturated carbocycles. The fraction of sp³-hybridized carbons (Fsp3) is 0.308. The number of aromatic nitrogens is 2. The van der Waals surface area contributed by atoms with Gasteiger partial charge in [-0.05, 0) is 67.0 Å². The first-order valence-electron chi connectivity index (χ1n) is 11.0. The Bertz CT molecular complexity index is 1350. The third kappa shape index (κ3) is 3.49. The van der Waals surface area contributed by atoms with Crippen LogP contribution in [0.1, 0.15) is 41.4 Å². The maximum atomic E-state index is 13.0. The van der Waals surface area contributed by atoms with Gasteiger partial charge in [-0.2, -0.15) is 0 Å². The van der Waals surface area contributed by atoms with Gasteiger partial charge in [0, 0.05) is 30.8 Å². The van der Waals surface area contributed by atoms with Crippen LogP contribution in [-0.4, -0.2) is 27.7 Å². The van der Waals surface area contributed by atoms with Crippen LogP contribution in [0.15, 0.2) is 47.3 Å². The van der Waals surface area contributed by atoms with Crippen LogP contribution in [0.25, 0.3) is 5.69 Å². The van der Waals surface area contributed by atoms with E-state index < -0.39 is 0 Å². The van der Waals surface area contributed by atoms with Crippen LogP contribution in [0, 0.1) is 24.7 Å². The number of hydrogen-bond acceptors (Lipinski definition) is 5. The van der Waals surface area contributed by atoms with Crippen molar-refractivity contribution in [3.05, 3.63) is 80.4 Å². The van der Waals surface area contributed by atoms with Crippen LogP contribution in [-0.2, 0) is 6.42 Å². The first kappa shape index (κ1) is 21.6. The topological polar surface area (TPSA) is 84.4 Å². The van der Waals surface area contributed by atoms with Crippen molar-refractivity contribution in [1.82, 2.24) is 9.55 Å². The minimum absolute atomic E-state index is 0.00513. The summed E-state index contributed by atoms with van der Waals surface area (Å²) in [5.74, 6) is 3.79. The molecule has 168 valence electrons. The molecule has 2 heterocycles. The summed E-state index contributed by atoms with van der Waals surface area (Å²) in [6.07, 6.45) is 8.36. The molecule has 1 fully saturated rings. The SMILES string of the molecule is C#Cc1ccc2c(c1)[C@@H](N)C1(CCN(c3cc(=O)n(-c4cccc(O)c4Cl)c(C)n3)CC1)C2. The number of nitrogens with zero attached hydrogens (tertiary/aromatic N) is 3. The van der Waals surface area contributed by atoms with Gasteiger partial charge in [0.25, 0.3) is 5.56 Å². The first-order valence-corrected chi connectivity index (χ1v) is 11.4. The Morgan fingerprint density at radius 1 is 1.24 bits per heavy atom. The molecule has 1 aliphatic carbocycles. The van der Waals surface area contributed by atoms with Crippen LogP contribution in [0.2, 0.25) is 5.02 Å². The molecular weight excluding hydrogens is 436 g/mol. The van der Waals surface area contributed by atoms with Crippen molar-refractivity contribution in [1.29, 1.82) is 0 Å². The Morgan fingerprint density at radius 2 is 2.00 bits per heavy atom. The predicted molar refractivity (Wildman–Crippen MR) is 130 cm³/mol. The van der Waals surface area contributed by atoms with E-state index in [1.807, 2.05) is 6.07 Å². The molecule has 2 aromatic carbocycles.